The Morgan fingerprint density at radius 3 is 2.68 bits per heavy atom. The van der Waals surface area contributed by atoms with Crippen molar-refractivity contribution >= 4 is 40.6 Å². The average molecular weight is 364 g/mol. The van der Waals surface area contributed by atoms with Crippen LogP contribution in [0, 0.1) is 16.0 Å². The van der Waals surface area contributed by atoms with E-state index in [0.717, 1.165) is 4.90 Å². The van der Waals surface area contributed by atoms with Crippen molar-refractivity contribution in [2.75, 3.05) is 13.2 Å². The van der Waals surface area contributed by atoms with E-state index >= 15 is 0 Å². The Balaban J connectivity index is 2.16. The number of hydrogen-bond donors (Lipinski definition) is 0. The van der Waals surface area contributed by atoms with Crippen molar-refractivity contribution in [3.8, 4) is 0 Å². The number of nitrogens with zero attached hydrogens (tertiary/aromatic N) is 2. The topological polar surface area (TPSA) is 107 Å². The number of hydrogen-bond acceptors (Lipinski definition) is 7. The number of thioether (sulfide) groups is 1. The maximum atomic E-state index is 12.3. The molecule has 0 bridgehead atoms. The maximum absolute atomic E-state index is 12.3. The first-order chi connectivity index (χ1) is 11.8. The third-order valence-corrected chi connectivity index (χ3v) is 4.07. The summed E-state index contributed by atoms with van der Waals surface area (Å²) in [6.45, 7) is 3.44. The van der Waals surface area contributed by atoms with Gasteiger partial charge in [0.1, 0.15) is 6.54 Å². The monoisotopic (exact) mass is 364 g/mol. The molecule has 1 aliphatic rings. The van der Waals surface area contributed by atoms with Gasteiger partial charge in [-0.2, -0.15) is 0 Å². The number of benzene rings is 1. The van der Waals surface area contributed by atoms with E-state index in [-0.39, 0.29) is 28.7 Å². The summed E-state index contributed by atoms with van der Waals surface area (Å²) >= 11 is 0.632. The second kappa shape index (κ2) is 7.93. The minimum Gasteiger partial charge on any atom is -0.464 e. The van der Waals surface area contributed by atoms with Crippen LogP contribution in [0.15, 0.2) is 29.2 Å². The number of carbonyl (C=O) groups excluding carboxylic acids is 3. The van der Waals surface area contributed by atoms with Crippen molar-refractivity contribution in [1.82, 2.24) is 4.90 Å². The van der Waals surface area contributed by atoms with Gasteiger partial charge in [-0.3, -0.25) is 29.4 Å². The van der Waals surface area contributed by atoms with E-state index < -0.39 is 28.6 Å². The van der Waals surface area contributed by atoms with Crippen molar-refractivity contribution < 1.29 is 24.0 Å². The second-order valence-corrected chi connectivity index (χ2v) is 6.65. The highest BCUT2D eigenvalue weighted by Crippen LogP contribution is 2.33. The Kier molecular flexibility index (Phi) is 5.92. The molecule has 0 N–H and O–H groups in total. The zero-order chi connectivity index (χ0) is 18.6. The molecule has 2 amide bonds. The van der Waals surface area contributed by atoms with Gasteiger partial charge in [0.2, 0.25) is 0 Å². The molecule has 1 aromatic rings. The molecule has 1 saturated heterocycles. The Morgan fingerprint density at radius 2 is 2.04 bits per heavy atom. The summed E-state index contributed by atoms with van der Waals surface area (Å²) in [6.07, 6.45) is 1.28. The van der Waals surface area contributed by atoms with Gasteiger partial charge < -0.3 is 4.74 Å². The molecule has 0 radical (unpaired) electrons. The quantitative estimate of drug-likeness (QED) is 0.330. The van der Waals surface area contributed by atoms with Gasteiger partial charge in [0.25, 0.3) is 16.8 Å². The highest BCUT2D eigenvalue weighted by atomic mass is 32.2. The Hall–Kier alpha value is -2.68. The van der Waals surface area contributed by atoms with Gasteiger partial charge in [0.05, 0.1) is 22.0 Å². The highest BCUT2D eigenvalue weighted by molar-refractivity contribution is 8.18. The van der Waals surface area contributed by atoms with Crippen LogP contribution in [0.25, 0.3) is 6.08 Å². The van der Waals surface area contributed by atoms with Gasteiger partial charge in [0, 0.05) is 6.07 Å². The molecule has 0 spiro atoms. The van der Waals surface area contributed by atoms with Crippen LogP contribution in [0.2, 0.25) is 0 Å². The summed E-state index contributed by atoms with van der Waals surface area (Å²) in [5.74, 6) is -1.21. The summed E-state index contributed by atoms with van der Waals surface area (Å²) in [4.78, 5) is 47.2. The molecular formula is C16H16N2O6S. The van der Waals surface area contributed by atoms with Crippen LogP contribution in [0.1, 0.15) is 19.4 Å². The van der Waals surface area contributed by atoms with Gasteiger partial charge in [-0.15, -0.1) is 0 Å². The number of amides is 2. The number of esters is 1. The molecule has 0 atom stereocenters. The lowest BCUT2D eigenvalue weighted by atomic mass is 10.1. The summed E-state index contributed by atoms with van der Waals surface area (Å²) in [6, 6.07) is 5.88. The molecule has 0 unspecified atom stereocenters. The normalized spacial score (nSPS) is 16.0. The van der Waals surface area contributed by atoms with Crippen molar-refractivity contribution in [3.05, 3.63) is 44.8 Å². The number of carbonyl (C=O) groups is 3. The Labute approximate surface area is 148 Å². The lowest BCUT2D eigenvalue weighted by Crippen LogP contribution is -2.34. The van der Waals surface area contributed by atoms with Gasteiger partial charge in [0.15, 0.2) is 0 Å². The summed E-state index contributed by atoms with van der Waals surface area (Å²) in [5, 5.41) is 10.4. The SMILES string of the molecule is CC(C)COC(=O)CN1C(=O)S/C(=C/c2ccccc2[N+](=O)[O-])C1=O. The van der Waals surface area contributed by atoms with E-state index in [1.165, 1.54) is 24.3 Å². The summed E-state index contributed by atoms with van der Waals surface area (Å²) < 4.78 is 4.96. The lowest BCUT2D eigenvalue weighted by molar-refractivity contribution is -0.385. The maximum Gasteiger partial charge on any atom is 0.326 e. The van der Waals surface area contributed by atoms with Crippen LogP contribution < -0.4 is 0 Å². The standard InChI is InChI=1S/C16H16N2O6S/c1-10(2)9-24-14(19)8-17-15(20)13(25-16(17)21)7-11-5-3-4-6-12(11)18(22)23/h3-7,10H,8-9H2,1-2H3/b13-7+. The molecule has 0 aromatic heterocycles. The number of para-hydroxylation sites is 1. The zero-order valence-electron chi connectivity index (χ0n) is 13.6. The van der Waals surface area contributed by atoms with Crippen molar-refractivity contribution in [3.63, 3.8) is 0 Å². The number of nitro groups is 1. The summed E-state index contributed by atoms with van der Waals surface area (Å²) in [5.41, 5.74) is 0.0334. The fraction of sp³-hybridized carbons (Fsp3) is 0.312. The number of ether oxygens (including phenoxy) is 1. The van der Waals surface area contributed by atoms with Crippen molar-refractivity contribution in [2.45, 2.75) is 13.8 Å². The van der Waals surface area contributed by atoms with E-state index in [1.54, 1.807) is 6.07 Å². The molecule has 0 saturated carbocycles. The van der Waals surface area contributed by atoms with E-state index in [0.29, 0.717) is 11.8 Å². The Bertz CT molecular complexity index is 759. The summed E-state index contributed by atoms with van der Waals surface area (Å²) in [7, 11) is 0. The second-order valence-electron chi connectivity index (χ2n) is 5.66. The van der Waals surface area contributed by atoms with E-state index in [4.69, 9.17) is 4.74 Å². The van der Waals surface area contributed by atoms with Gasteiger partial charge in [-0.25, -0.2) is 0 Å². The molecule has 9 heteroatoms. The van der Waals surface area contributed by atoms with Gasteiger partial charge in [-0.1, -0.05) is 26.0 Å². The third kappa shape index (κ3) is 4.66. The molecule has 1 aliphatic heterocycles. The van der Waals surface area contributed by atoms with Crippen molar-refractivity contribution in [1.29, 1.82) is 0 Å². The zero-order valence-corrected chi connectivity index (χ0v) is 14.4. The van der Waals surface area contributed by atoms with Crippen LogP contribution in [0.4, 0.5) is 10.5 Å². The van der Waals surface area contributed by atoms with Crippen LogP contribution in [-0.4, -0.2) is 40.1 Å². The van der Waals surface area contributed by atoms with E-state index in [9.17, 15) is 24.5 Å². The minimum atomic E-state index is -0.678. The van der Waals surface area contributed by atoms with E-state index in [2.05, 4.69) is 0 Å². The van der Waals surface area contributed by atoms with Crippen molar-refractivity contribution in [2.24, 2.45) is 5.92 Å². The van der Waals surface area contributed by atoms with Crippen LogP contribution in [0.5, 0.6) is 0 Å². The van der Waals surface area contributed by atoms with Gasteiger partial charge >= 0.3 is 5.97 Å². The number of nitro benzene ring substituents is 1. The first kappa shape index (κ1) is 18.7. The first-order valence-corrected chi connectivity index (χ1v) is 8.25. The predicted octanol–water partition coefficient (Wildman–Crippen LogP) is 2.83. The molecule has 132 valence electrons. The molecule has 0 aliphatic carbocycles. The number of rotatable bonds is 6. The predicted molar refractivity (Wildman–Crippen MR) is 91.6 cm³/mol. The highest BCUT2D eigenvalue weighted by Gasteiger charge is 2.37. The molecule has 1 heterocycles. The molecule has 1 fully saturated rings. The van der Waals surface area contributed by atoms with Crippen LogP contribution in [-0.2, 0) is 14.3 Å². The van der Waals surface area contributed by atoms with E-state index in [1.807, 2.05) is 13.8 Å². The van der Waals surface area contributed by atoms with Gasteiger partial charge in [-0.05, 0) is 29.8 Å². The largest absolute Gasteiger partial charge is 0.464 e. The molecule has 8 nitrogen and oxygen atoms in total. The fourth-order valence-corrected chi connectivity index (χ4v) is 2.82. The number of imide groups is 1. The fourth-order valence-electron chi connectivity index (χ4n) is 1.99. The molecule has 1 aromatic carbocycles. The molecule has 2 rings (SSSR count). The third-order valence-electron chi connectivity index (χ3n) is 3.16. The lowest BCUT2D eigenvalue weighted by Gasteiger charge is -2.12. The molecular weight excluding hydrogens is 348 g/mol. The average Bonchev–Trinajstić information content (AvgIpc) is 2.81. The molecule has 25 heavy (non-hydrogen) atoms. The van der Waals surface area contributed by atoms with Crippen LogP contribution in [0.3, 0.4) is 0 Å². The first-order valence-electron chi connectivity index (χ1n) is 7.44. The van der Waals surface area contributed by atoms with Crippen LogP contribution >= 0.6 is 11.8 Å². The smallest absolute Gasteiger partial charge is 0.326 e. The minimum absolute atomic E-state index is 0.0240. The Morgan fingerprint density at radius 1 is 1.36 bits per heavy atom.